The van der Waals surface area contributed by atoms with E-state index in [4.69, 9.17) is 0 Å². The fraction of sp³-hybridized carbons (Fsp3) is 0.400. The van der Waals surface area contributed by atoms with Crippen LogP contribution in [0.3, 0.4) is 0 Å². The van der Waals surface area contributed by atoms with Crippen LogP contribution in [0.25, 0.3) is 0 Å². The molecule has 1 saturated heterocycles. The normalized spacial score (nSPS) is 19.5. The van der Waals surface area contributed by atoms with Crippen LogP contribution >= 0.6 is 0 Å². The van der Waals surface area contributed by atoms with Gasteiger partial charge in [0.1, 0.15) is 5.69 Å². The number of carboxylic acid groups (broad SMARTS) is 1. The molecule has 1 aliphatic rings. The maximum Gasteiger partial charge on any atom is 0.309 e. The van der Waals surface area contributed by atoms with Crippen molar-refractivity contribution in [2.24, 2.45) is 5.92 Å². The molecule has 1 fully saturated rings. The Kier molecular flexibility index (Phi) is 4.42. The highest BCUT2D eigenvalue weighted by Crippen LogP contribution is 2.14. The molecule has 0 bridgehead atoms. The van der Waals surface area contributed by atoms with Crippen LogP contribution in [0.1, 0.15) is 16.2 Å². The smallest absolute Gasteiger partial charge is 0.309 e. The first kappa shape index (κ1) is 15.3. The summed E-state index contributed by atoms with van der Waals surface area (Å²) >= 11 is 0. The summed E-state index contributed by atoms with van der Waals surface area (Å²) in [6, 6.07) is 3.45. The summed E-state index contributed by atoms with van der Waals surface area (Å²) in [6.45, 7) is 2.33. The van der Waals surface area contributed by atoms with Gasteiger partial charge in [-0.3, -0.25) is 14.5 Å². The second-order valence-electron chi connectivity index (χ2n) is 5.68. The molecule has 122 valence electrons. The maximum atomic E-state index is 12.5. The van der Waals surface area contributed by atoms with E-state index in [2.05, 4.69) is 15.0 Å². The predicted molar refractivity (Wildman–Crippen MR) is 81.7 cm³/mol. The van der Waals surface area contributed by atoms with Gasteiger partial charge in [0, 0.05) is 50.8 Å². The first-order valence-electron chi connectivity index (χ1n) is 7.48. The molecule has 3 N–H and O–H groups in total. The molecule has 3 heterocycles. The van der Waals surface area contributed by atoms with Gasteiger partial charge in [0.05, 0.1) is 12.2 Å². The zero-order chi connectivity index (χ0) is 16.2. The van der Waals surface area contributed by atoms with Crippen LogP contribution in [-0.2, 0) is 11.3 Å². The molecule has 2 aromatic heterocycles. The number of amides is 1. The highest BCUT2D eigenvalue weighted by molar-refractivity contribution is 5.92. The third-order valence-corrected chi connectivity index (χ3v) is 4.02. The lowest BCUT2D eigenvalue weighted by Gasteiger charge is -2.21. The van der Waals surface area contributed by atoms with Crippen molar-refractivity contribution in [2.45, 2.75) is 6.54 Å². The summed E-state index contributed by atoms with van der Waals surface area (Å²) in [5, 5.41) is 9.44. The number of carboxylic acids is 1. The molecule has 0 spiro atoms. The minimum Gasteiger partial charge on any atom is -0.481 e. The van der Waals surface area contributed by atoms with Gasteiger partial charge in [-0.2, -0.15) is 0 Å². The number of hydrogen-bond acceptors (Lipinski definition) is 4. The minimum atomic E-state index is -0.884. The average molecular weight is 317 g/mol. The van der Waals surface area contributed by atoms with E-state index in [0.29, 0.717) is 31.9 Å². The van der Waals surface area contributed by atoms with E-state index in [0.717, 1.165) is 5.69 Å². The van der Waals surface area contributed by atoms with Crippen LogP contribution in [-0.4, -0.2) is 67.9 Å². The number of aromatic nitrogens is 3. The molecule has 3 rings (SSSR count). The Hall–Kier alpha value is -2.61. The van der Waals surface area contributed by atoms with Crippen molar-refractivity contribution in [3.8, 4) is 0 Å². The average Bonchev–Trinajstić information content (AvgIpc) is 3.18. The second kappa shape index (κ2) is 6.66. The van der Waals surface area contributed by atoms with Gasteiger partial charge in [0.2, 0.25) is 0 Å². The van der Waals surface area contributed by atoms with E-state index in [-0.39, 0.29) is 12.5 Å². The molecular weight excluding hydrogens is 298 g/mol. The minimum absolute atomic E-state index is 0.162. The van der Waals surface area contributed by atoms with Crippen LogP contribution in [0.5, 0.6) is 0 Å². The monoisotopic (exact) mass is 317 g/mol. The number of nitrogens with one attached hydrogen (secondary N) is 2. The lowest BCUT2D eigenvalue weighted by atomic mass is 10.1. The molecule has 0 aliphatic carbocycles. The Labute approximate surface area is 133 Å². The zero-order valence-corrected chi connectivity index (χ0v) is 12.6. The Bertz CT molecular complexity index is 653. The van der Waals surface area contributed by atoms with E-state index in [1.807, 2.05) is 4.90 Å². The predicted octanol–water partition coefficient (Wildman–Crippen LogP) is 0.397. The number of aliphatic carboxylic acids is 1. The van der Waals surface area contributed by atoms with Crippen molar-refractivity contribution in [2.75, 3.05) is 26.2 Å². The summed E-state index contributed by atoms with van der Waals surface area (Å²) < 4.78 is 0. The highest BCUT2D eigenvalue weighted by atomic mass is 16.4. The zero-order valence-electron chi connectivity index (χ0n) is 12.6. The summed E-state index contributed by atoms with van der Waals surface area (Å²) in [6.07, 6.45) is 5.01. The molecule has 1 amide bonds. The van der Waals surface area contributed by atoms with Crippen LogP contribution in [0, 0.1) is 5.92 Å². The Morgan fingerprint density at radius 2 is 2.17 bits per heavy atom. The van der Waals surface area contributed by atoms with E-state index in [1.165, 1.54) is 0 Å². The van der Waals surface area contributed by atoms with Crippen LogP contribution in [0.4, 0.5) is 0 Å². The van der Waals surface area contributed by atoms with Gasteiger partial charge in [-0.05, 0) is 12.1 Å². The SMILES string of the molecule is O=C(O)C1CN(Cc2cnc[nH]2)CCN(C(=O)c2ccc[nH]2)C1. The number of hydrogen-bond donors (Lipinski definition) is 3. The molecule has 1 atom stereocenters. The summed E-state index contributed by atoms with van der Waals surface area (Å²) in [5.74, 6) is -1.66. The van der Waals surface area contributed by atoms with E-state index < -0.39 is 11.9 Å². The van der Waals surface area contributed by atoms with Crippen LogP contribution in [0.2, 0.25) is 0 Å². The molecule has 0 saturated carbocycles. The standard InChI is InChI=1S/C15H19N5O3/c21-14(13-2-1-3-17-13)20-5-4-19(7-11(8-20)15(22)23)9-12-6-16-10-18-12/h1-3,6,10-11,17H,4-5,7-9H2,(H,16,18)(H,22,23). The maximum absolute atomic E-state index is 12.5. The van der Waals surface area contributed by atoms with Gasteiger partial charge < -0.3 is 20.0 Å². The molecule has 8 heteroatoms. The molecule has 0 radical (unpaired) electrons. The highest BCUT2D eigenvalue weighted by Gasteiger charge is 2.30. The van der Waals surface area contributed by atoms with Crippen molar-refractivity contribution < 1.29 is 14.7 Å². The van der Waals surface area contributed by atoms with Gasteiger partial charge in [-0.25, -0.2) is 4.98 Å². The Morgan fingerprint density at radius 1 is 1.30 bits per heavy atom. The second-order valence-corrected chi connectivity index (χ2v) is 5.68. The van der Waals surface area contributed by atoms with Crippen molar-refractivity contribution in [3.05, 3.63) is 42.2 Å². The van der Waals surface area contributed by atoms with Crippen LogP contribution in [0.15, 0.2) is 30.9 Å². The summed E-state index contributed by atoms with van der Waals surface area (Å²) in [5.41, 5.74) is 1.41. The molecule has 8 nitrogen and oxygen atoms in total. The lowest BCUT2D eigenvalue weighted by molar-refractivity contribution is -0.142. The molecule has 2 aromatic rings. The summed E-state index contributed by atoms with van der Waals surface area (Å²) in [7, 11) is 0. The fourth-order valence-corrected chi connectivity index (χ4v) is 2.81. The summed E-state index contributed by atoms with van der Waals surface area (Å²) in [4.78, 5) is 37.5. The molecule has 1 aliphatic heterocycles. The number of rotatable bonds is 4. The molecule has 1 unspecified atom stereocenters. The fourth-order valence-electron chi connectivity index (χ4n) is 2.81. The van der Waals surface area contributed by atoms with E-state index >= 15 is 0 Å². The van der Waals surface area contributed by atoms with E-state index in [9.17, 15) is 14.7 Å². The van der Waals surface area contributed by atoms with Crippen LogP contribution < -0.4 is 0 Å². The van der Waals surface area contributed by atoms with E-state index in [1.54, 1.807) is 35.8 Å². The number of H-pyrrole nitrogens is 2. The molecular formula is C15H19N5O3. The largest absolute Gasteiger partial charge is 0.481 e. The number of aromatic amines is 2. The van der Waals surface area contributed by atoms with Gasteiger partial charge in [-0.1, -0.05) is 0 Å². The first-order chi connectivity index (χ1) is 11.1. The van der Waals surface area contributed by atoms with Crippen molar-refractivity contribution in [1.82, 2.24) is 24.8 Å². The van der Waals surface area contributed by atoms with Gasteiger partial charge in [-0.15, -0.1) is 0 Å². The Morgan fingerprint density at radius 3 is 2.83 bits per heavy atom. The van der Waals surface area contributed by atoms with Gasteiger partial charge >= 0.3 is 5.97 Å². The Balaban J connectivity index is 1.72. The number of carbonyl (C=O) groups excluding carboxylic acids is 1. The number of imidazole rings is 1. The van der Waals surface area contributed by atoms with Crippen molar-refractivity contribution in [3.63, 3.8) is 0 Å². The number of nitrogens with zero attached hydrogens (tertiary/aromatic N) is 3. The topological polar surface area (TPSA) is 105 Å². The number of carbonyl (C=O) groups is 2. The third kappa shape index (κ3) is 3.59. The molecule has 0 aromatic carbocycles. The quantitative estimate of drug-likeness (QED) is 0.757. The molecule has 23 heavy (non-hydrogen) atoms. The van der Waals surface area contributed by atoms with Crippen molar-refractivity contribution >= 4 is 11.9 Å². The van der Waals surface area contributed by atoms with Gasteiger partial charge in [0.15, 0.2) is 0 Å². The first-order valence-corrected chi connectivity index (χ1v) is 7.48. The lowest BCUT2D eigenvalue weighted by Crippen LogP contribution is -2.38. The van der Waals surface area contributed by atoms with Crippen molar-refractivity contribution in [1.29, 1.82) is 0 Å². The van der Waals surface area contributed by atoms with Gasteiger partial charge in [0.25, 0.3) is 5.91 Å². The third-order valence-electron chi connectivity index (χ3n) is 4.02.